The van der Waals surface area contributed by atoms with Crippen molar-refractivity contribution in [2.45, 2.75) is 64.6 Å². The maximum Gasteiger partial charge on any atom is 0.328 e. The van der Waals surface area contributed by atoms with E-state index in [1.165, 1.54) is 4.90 Å². The van der Waals surface area contributed by atoms with Crippen molar-refractivity contribution in [3.05, 3.63) is 29.8 Å². The fourth-order valence-corrected chi connectivity index (χ4v) is 4.57. The highest BCUT2D eigenvalue weighted by atomic mass is 16.5. The molecule has 1 aromatic carbocycles. The molecule has 0 bridgehead atoms. The number of carbonyl (C=O) groups excluding carboxylic acids is 1. The van der Waals surface area contributed by atoms with Crippen LogP contribution in [0.2, 0.25) is 0 Å². The Morgan fingerprint density at radius 1 is 1.21 bits per heavy atom. The summed E-state index contributed by atoms with van der Waals surface area (Å²) in [7, 11) is 1.59. The first-order valence-corrected chi connectivity index (χ1v) is 9.98. The van der Waals surface area contributed by atoms with Crippen LogP contribution in [0.4, 0.5) is 0 Å². The van der Waals surface area contributed by atoms with Gasteiger partial charge in [-0.1, -0.05) is 32.9 Å². The van der Waals surface area contributed by atoms with Crippen molar-refractivity contribution < 1.29 is 24.2 Å². The lowest BCUT2D eigenvalue weighted by Crippen LogP contribution is -2.56. The number of nitrogens with zero attached hydrogens (tertiary/aromatic N) is 1. The predicted molar refractivity (Wildman–Crippen MR) is 105 cm³/mol. The zero-order valence-electron chi connectivity index (χ0n) is 17.2. The van der Waals surface area contributed by atoms with E-state index < -0.39 is 17.7 Å². The number of carbonyl (C=O) groups is 2. The number of carboxylic acid groups (broad SMARTS) is 1. The Kier molecular flexibility index (Phi) is 5.71. The third-order valence-corrected chi connectivity index (χ3v) is 6.32. The van der Waals surface area contributed by atoms with Crippen LogP contribution in [0.1, 0.15) is 52.0 Å². The second kappa shape index (κ2) is 7.74. The number of aliphatic carboxylic acids is 1. The van der Waals surface area contributed by atoms with Crippen LogP contribution >= 0.6 is 0 Å². The molecule has 1 saturated carbocycles. The van der Waals surface area contributed by atoms with Gasteiger partial charge in [0.15, 0.2) is 6.04 Å². The van der Waals surface area contributed by atoms with E-state index in [4.69, 9.17) is 9.47 Å². The van der Waals surface area contributed by atoms with E-state index in [0.29, 0.717) is 18.8 Å². The minimum atomic E-state index is -1.00. The van der Waals surface area contributed by atoms with Crippen LogP contribution < -0.4 is 4.74 Å². The molecule has 2 fully saturated rings. The average Bonchev–Trinajstić information content (AvgIpc) is 3.01. The van der Waals surface area contributed by atoms with E-state index >= 15 is 0 Å². The summed E-state index contributed by atoms with van der Waals surface area (Å²) >= 11 is 0. The molecule has 1 heterocycles. The van der Waals surface area contributed by atoms with Crippen molar-refractivity contribution in [1.82, 2.24) is 4.90 Å². The highest BCUT2D eigenvalue weighted by molar-refractivity contribution is 5.86. The summed E-state index contributed by atoms with van der Waals surface area (Å²) in [6, 6.07) is 6.38. The molecule has 154 valence electrons. The first-order chi connectivity index (χ1) is 13.2. The summed E-state index contributed by atoms with van der Waals surface area (Å²) in [6.45, 7) is 6.76. The smallest absolute Gasteiger partial charge is 0.328 e. The Morgan fingerprint density at radius 3 is 2.32 bits per heavy atom. The van der Waals surface area contributed by atoms with Crippen LogP contribution in [0.25, 0.3) is 0 Å². The molecular weight excluding hydrogens is 358 g/mol. The maximum absolute atomic E-state index is 13.2. The molecule has 1 aliphatic carbocycles. The molecule has 6 nitrogen and oxygen atoms in total. The molecule has 3 rings (SSSR count). The second-order valence-electron chi connectivity index (χ2n) is 9.04. The monoisotopic (exact) mass is 389 g/mol. The van der Waals surface area contributed by atoms with Gasteiger partial charge in [-0.25, -0.2) is 4.79 Å². The average molecular weight is 389 g/mol. The molecule has 1 aliphatic heterocycles. The lowest BCUT2D eigenvalue weighted by molar-refractivity contribution is -0.166. The summed E-state index contributed by atoms with van der Waals surface area (Å²) in [5, 5.41) is 9.67. The van der Waals surface area contributed by atoms with Crippen molar-refractivity contribution in [2.24, 2.45) is 11.3 Å². The number of hydrogen-bond acceptors (Lipinski definition) is 4. The zero-order valence-corrected chi connectivity index (χ0v) is 17.2. The summed E-state index contributed by atoms with van der Waals surface area (Å²) in [5.74, 6) is 0.0763. The van der Waals surface area contributed by atoms with Gasteiger partial charge in [-0.2, -0.15) is 0 Å². The number of carboxylic acids is 1. The van der Waals surface area contributed by atoms with E-state index in [1.54, 1.807) is 7.11 Å². The molecular formula is C22H31NO5. The van der Waals surface area contributed by atoms with E-state index in [-0.39, 0.29) is 24.3 Å². The summed E-state index contributed by atoms with van der Waals surface area (Å²) < 4.78 is 11.2. The van der Waals surface area contributed by atoms with Crippen LogP contribution in [0.3, 0.4) is 0 Å². The topological polar surface area (TPSA) is 76.1 Å². The molecule has 6 heteroatoms. The van der Waals surface area contributed by atoms with Crippen LogP contribution in [0, 0.1) is 11.3 Å². The molecule has 0 aromatic heterocycles. The van der Waals surface area contributed by atoms with Gasteiger partial charge in [0.2, 0.25) is 5.91 Å². The minimum absolute atomic E-state index is 0.0594. The largest absolute Gasteiger partial charge is 0.497 e. The van der Waals surface area contributed by atoms with Crippen LogP contribution in [0.15, 0.2) is 24.3 Å². The first-order valence-electron chi connectivity index (χ1n) is 9.98. The van der Waals surface area contributed by atoms with Crippen molar-refractivity contribution in [3.8, 4) is 5.75 Å². The Morgan fingerprint density at radius 2 is 1.82 bits per heavy atom. The number of amides is 1. The molecule has 1 aromatic rings. The van der Waals surface area contributed by atoms with E-state index in [0.717, 1.165) is 24.2 Å². The minimum Gasteiger partial charge on any atom is -0.497 e. The van der Waals surface area contributed by atoms with Crippen LogP contribution in [-0.2, 0) is 20.7 Å². The van der Waals surface area contributed by atoms with Gasteiger partial charge in [-0.05, 0) is 54.7 Å². The number of benzene rings is 1. The number of hydrogen-bond donors (Lipinski definition) is 1. The van der Waals surface area contributed by atoms with Crippen LogP contribution in [0.5, 0.6) is 5.75 Å². The van der Waals surface area contributed by atoms with E-state index in [1.807, 2.05) is 24.3 Å². The molecule has 1 amide bonds. The summed E-state index contributed by atoms with van der Waals surface area (Å²) in [6.07, 6.45) is 3.39. The van der Waals surface area contributed by atoms with E-state index in [2.05, 4.69) is 20.8 Å². The highest BCUT2D eigenvalue weighted by Gasteiger charge is 2.54. The Hall–Kier alpha value is -2.08. The van der Waals surface area contributed by atoms with Crippen molar-refractivity contribution in [1.29, 1.82) is 0 Å². The molecule has 1 saturated heterocycles. The molecule has 0 radical (unpaired) electrons. The molecule has 2 aliphatic rings. The fraction of sp³-hybridized carbons (Fsp3) is 0.636. The van der Waals surface area contributed by atoms with Gasteiger partial charge in [-0.3, -0.25) is 9.69 Å². The van der Waals surface area contributed by atoms with Gasteiger partial charge in [0, 0.05) is 0 Å². The third kappa shape index (κ3) is 4.02. The predicted octanol–water partition coefficient (Wildman–Crippen LogP) is 3.48. The quantitative estimate of drug-likeness (QED) is 0.853. The molecule has 1 N–H and O–H groups in total. The molecule has 0 unspecified atom stereocenters. The number of ether oxygens (including phenoxy) is 2. The van der Waals surface area contributed by atoms with Crippen molar-refractivity contribution in [3.63, 3.8) is 0 Å². The van der Waals surface area contributed by atoms with Crippen LogP contribution in [-0.4, -0.2) is 47.4 Å². The Labute approximate surface area is 166 Å². The van der Waals surface area contributed by atoms with Gasteiger partial charge < -0.3 is 14.6 Å². The SMILES string of the molecule is COc1ccc(CC(=O)N2[C@@H](C(=O)O)COC23CCC(C(C)(C)C)CC3)cc1. The van der Waals surface area contributed by atoms with E-state index in [9.17, 15) is 14.7 Å². The maximum atomic E-state index is 13.2. The first kappa shape index (κ1) is 20.6. The molecule has 1 spiro atoms. The summed E-state index contributed by atoms with van der Waals surface area (Å²) in [4.78, 5) is 26.5. The lowest BCUT2D eigenvalue weighted by Gasteiger charge is -2.46. The van der Waals surface area contributed by atoms with Crippen molar-refractivity contribution in [2.75, 3.05) is 13.7 Å². The normalized spacial score (nSPS) is 27.8. The van der Waals surface area contributed by atoms with Gasteiger partial charge in [0.1, 0.15) is 11.5 Å². The number of methoxy groups -OCH3 is 1. The second-order valence-corrected chi connectivity index (χ2v) is 9.04. The molecule has 1 atom stereocenters. The highest BCUT2D eigenvalue weighted by Crippen LogP contribution is 2.47. The van der Waals surface area contributed by atoms with Gasteiger partial charge in [-0.15, -0.1) is 0 Å². The Balaban J connectivity index is 1.79. The number of rotatable bonds is 4. The van der Waals surface area contributed by atoms with Gasteiger partial charge in [0.05, 0.1) is 20.1 Å². The molecule has 28 heavy (non-hydrogen) atoms. The summed E-state index contributed by atoms with van der Waals surface area (Å²) in [5.41, 5.74) is 0.249. The Bertz CT molecular complexity index is 713. The lowest BCUT2D eigenvalue weighted by atomic mass is 9.70. The van der Waals surface area contributed by atoms with Gasteiger partial charge in [0.25, 0.3) is 0 Å². The fourth-order valence-electron chi connectivity index (χ4n) is 4.57. The van der Waals surface area contributed by atoms with Crippen molar-refractivity contribution >= 4 is 11.9 Å². The standard InChI is InChI=1S/C22H31NO5/c1-21(2,3)16-9-11-22(12-10-16)23(18(14-28-22)20(25)26)19(24)13-15-5-7-17(27-4)8-6-15/h5-8,16,18H,9-14H2,1-4H3,(H,25,26)/t16?,18-,22?/m1/s1. The zero-order chi connectivity index (χ0) is 20.5. The third-order valence-electron chi connectivity index (χ3n) is 6.32. The van der Waals surface area contributed by atoms with Gasteiger partial charge >= 0.3 is 5.97 Å².